The van der Waals surface area contributed by atoms with Crippen molar-refractivity contribution in [3.8, 4) is 0 Å². The first-order valence-corrected chi connectivity index (χ1v) is 7.23. The number of allylic oxidation sites excluding steroid dienone is 3. The Hall–Kier alpha value is -1.05. The highest BCUT2D eigenvalue weighted by molar-refractivity contribution is 5.75. The van der Waals surface area contributed by atoms with Crippen LogP contribution in [0.15, 0.2) is 24.3 Å². The van der Waals surface area contributed by atoms with Crippen LogP contribution in [0.4, 0.5) is 0 Å². The van der Waals surface area contributed by atoms with Gasteiger partial charge in [-0.15, -0.1) is 0 Å². The van der Waals surface area contributed by atoms with Crippen LogP contribution in [0.3, 0.4) is 0 Å². The van der Waals surface area contributed by atoms with E-state index in [1.807, 2.05) is 11.8 Å². The second-order valence-corrected chi connectivity index (χ2v) is 5.52. The van der Waals surface area contributed by atoms with Gasteiger partial charge in [-0.2, -0.15) is 0 Å². The topological polar surface area (TPSA) is 20.3 Å². The summed E-state index contributed by atoms with van der Waals surface area (Å²) >= 11 is 0. The monoisotopic (exact) mass is 249 g/mol. The Balaban J connectivity index is 2.42. The normalized spacial score (nSPS) is 19.7. The van der Waals surface area contributed by atoms with Gasteiger partial charge in [-0.05, 0) is 31.1 Å². The van der Waals surface area contributed by atoms with Crippen LogP contribution >= 0.6 is 0 Å². The molecule has 0 fully saturated rings. The van der Waals surface area contributed by atoms with Crippen LogP contribution in [0.5, 0.6) is 0 Å². The van der Waals surface area contributed by atoms with Crippen LogP contribution in [0.1, 0.15) is 46.5 Å². The molecule has 1 unspecified atom stereocenters. The molecule has 0 radical (unpaired) electrons. The third-order valence-corrected chi connectivity index (χ3v) is 3.28. The summed E-state index contributed by atoms with van der Waals surface area (Å²) in [6, 6.07) is 0. The molecule has 1 aliphatic rings. The molecule has 0 saturated carbocycles. The first-order chi connectivity index (χ1) is 8.63. The van der Waals surface area contributed by atoms with Gasteiger partial charge in [0.25, 0.3) is 0 Å². The molecule has 1 rings (SSSR count). The lowest BCUT2D eigenvalue weighted by molar-refractivity contribution is -0.130. The van der Waals surface area contributed by atoms with E-state index in [1.165, 1.54) is 12.8 Å². The fraction of sp³-hybridized carbons (Fsp3) is 0.688. The number of hydrogen-bond acceptors (Lipinski definition) is 1. The molecule has 0 saturated heterocycles. The van der Waals surface area contributed by atoms with Crippen LogP contribution < -0.4 is 0 Å². The van der Waals surface area contributed by atoms with Crippen molar-refractivity contribution in [3.63, 3.8) is 0 Å². The van der Waals surface area contributed by atoms with Crippen molar-refractivity contribution in [1.29, 1.82) is 0 Å². The minimum Gasteiger partial charge on any atom is -0.339 e. The summed E-state index contributed by atoms with van der Waals surface area (Å²) in [7, 11) is 0. The zero-order valence-corrected chi connectivity index (χ0v) is 12.1. The van der Waals surface area contributed by atoms with Crippen molar-refractivity contribution in [2.75, 3.05) is 13.1 Å². The fourth-order valence-electron chi connectivity index (χ4n) is 2.31. The zero-order chi connectivity index (χ0) is 13.4. The van der Waals surface area contributed by atoms with Crippen molar-refractivity contribution < 1.29 is 4.79 Å². The molecule has 0 aromatic rings. The van der Waals surface area contributed by atoms with E-state index in [4.69, 9.17) is 0 Å². The molecular formula is C16H27NO. The molecule has 1 atom stereocenters. The Bertz CT molecular complexity index is 304. The van der Waals surface area contributed by atoms with E-state index < -0.39 is 0 Å². The summed E-state index contributed by atoms with van der Waals surface area (Å²) in [5.41, 5.74) is 0. The van der Waals surface area contributed by atoms with E-state index in [-0.39, 0.29) is 5.91 Å². The van der Waals surface area contributed by atoms with E-state index in [0.717, 1.165) is 19.5 Å². The maximum atomic E-state index is 11.8. The first kappa shape index (κ1) is 15.0. The molecule has 0 aromatic heterocycles. The second-order valence-electron chi connectivity index (χ2n) is 5.52. The van der Waals surface area contributed by atoms with E-state index in [2.05, 4.69) is 38.2 Å². The van der Waals surface area contributed by atoms with Crippen LogP contribution in [-0.2, 0) is 4.79 Å². The molecule has 1 aliphatic carbocycles. The quantitative estimate of drug-likeness (QED) is 0.656. The van der Waals surface area contributed by atoms with Gasteiger partial charge in [0.1, 0.15) is 0 Å². The average Bonchev–Trinajstić information content (AvgIpc) is 2.37. The maximum Gasteiger partial charge on any atom is 0.222 e. The Morgan fingerprint density at radius 1 is 1.44 bits per heavy atom. The molecule has 1 amide bonds. The Labute approximate surface area is 112 Å². The Morgan fingerprint density at radius 2 is 2.22 bits per heavy atom. The predicted molar refractivity (Wildman–Crippen MR) is 77.3 cm³/mol. The van der Waals surface area contributed by atoms with E-state index >= 15 is 0 Å². The van der Waals surface area contributed by atoms with Crippen molar-refractivity contribution in [3.05, 3.63) is 24.3 Å². The van der Waals surface area contributed by atoms with Gasteiger partial charge in [0.05, 0.1) is 0 Å². The van der Waals surface area contributed by atoms with Crippen molar-refractivity contribution in [1.82, 2.24) is 4.90 Å². The number of carbonyl (C=O) groups excluding carboxylic acids is 1. The number of amides is 1. The van der Waals surface area contributed by atoms with Gasteiger partial charge in [-0.25, -0.2) is 0 Å². The highest BCUT2D eigenvalue weighted by atomic mass is 16.2. The lowest BCUT2D eigenvalue weighted by Gasteiger charge is -2.23. The molecule has 0 spiro atoms. The van der Waals surface area contributed by atoms with Gasteiger partial charge < -0.3 is 4.90 Å². The highest BCUT2D eigenvalue weighted by Crippen LogP contribution is 2.19. The minimum absolute atomic E-state index is 0.261. The summed E-state index contributed by atoms with van der Waals surface area (Å²) < 4.78 is 0. The summed E-state index contributed by atoms with van der Waals surface area (Å²) in [6.45, 7) is 7.88. The molecule has 0 bridgehead atoms. The minimum atomic E-state index is 0.261. The van der Waals surface area contributed by atoms with Crippen LogP contribution in [0.2, 0.25) is 0 Å². The van der Waals surface area contributed by atoms with Gasteiger partial charge in [-0.1, -0.05) is 45.1 Å². The van der Waals surface area contributed by atoms with E-state index in [9.17, 15) is 4.79 Å². The van der Waals surface area contributed by atoms with E-state index in [0.29, 0.717) is 18.3 Å². The summed E-state index contributed by atoms with van der Waals surface area (Å²) in [5.74, 6) is 1.47. The van der Waals surface area contributed by atoms with Crippen LogP contribution in [-0.4, -0.2) is 23.9 Å². The SMILES string of the molecule is CCC(=O)N(CC=CC1CC=CCC1)CC(C)C. The summed E-state index contributed by atoms with van der Waals surface area (Å²) in [4.78, 5) is 13.8. The molecule has 102 valence electrons. The number of carbonyl (C=O) groups is 1. The zero-order valence-electron chi connectivity index (χ0n) is 12.1. The second kappa shape index (κ2) is 8.12. The smallest absolute Gasteiger partial charge is 0.222 e. The number of hydrogen-bond donors (Lipinski definition) is 0. The molecule has 0 N–H and O–H groups in total. The summed E-state index contributed by atoms with van der Waals surface area (Å²) in [6.07, 6.45) is 13.2. The van der Waals surface area contributed by atoms with Crippen LogP contribution in [0, 0.1) is 11.8 Å². The fourth-order valence-corrected chi connectivity index (χ4v) is 2.31. The number of nitrogens with zero attached hydrogens (tertiary/aromatic N) is 1. The first-order valence-electron chi connectivity index (χ1n) is 7.23. The van der Waals surface area contributed by atoms with Crippen LogP contribution in [0.25, 0.3) is 0 Å². The van der Waals surface area contributed by atoms with Gasteiger partial charge in [-0.3, -0.25) is 4.79 Å². The Morgan fingerprint density at radius 3 is 2.78 bits per heavy atom. The van der Waals surface area contributed by atoms with Crippen molar-refractivity contribution >= 4 is 5.91 Å². The molecule has 0 aliphatic heterocycles. The molecular weight excluding hydrogens is 222 g/mol. The number of rotatable bonds is 6. The lowest BCUT2D eigenvalue weighted by atomic mass is 9.94. The highest BCUT2D eigenvalue weighted by Gasteiger charge is 2.11. The largest absolute Gasteiger partial charge is 0.339 e. The van der Waals surface area contributed by atoms with Gasteiger partial charge in [0, 0.05) is 19.5 Å². The molecule has 2 heteroatoms. The molecule has 18 heavy (non-hydrogen) atoms. The third-order valence-electron chi connectivity index (χ3n) is 3.28. The predicted octanol–water partition coefficient (Wildman–Crippen LogP) is 3.79. The molecule has 2 nitrogen and oxygen atoms in total. The van der Waals surface area contributed by atoms with E-state index in [1.54, 1.807) is 0 Å². The van der Waals surface area contributed by atoms with Gasteiger partial charge in [0.2, 0.25) is 5.91 Å². The maximum absolute atomic E-state index is 11.8. The van der Waals surface area contributed by atoms with Crippen molar-refractivity contribution in [2.45, 2.75) is 46.5 Å². The van der Waals surface area contributed by atoms with Gasteiger partial charge >= 0.3 is 0 Å². The summed E-state index contributed by atoms with van der Waals surface area (Å²) in [5, 5.41) is 0. The lowest BCUT2D eigenvalue weighted by Crippen LogP contribution is -2.33. The average molecular weight is 249 g/mol. The van der Waals surface area contributed by atoms with Crippen molar-refractivity contribution in [2.24, 2.45) is 11.8 Å². The molecule has 0 heterocycles. The Kier molecular flexibility index (Phi) is 6.77. The third kappa shape index (κ3) is 5.52. The standard InChI is InChI=1S/C16H27NO/c1-4-16(18)17(13-14(2)3)12-8-11-15-9-6-5-7-10-15/h5-6,8,11,14-15H,4,7,9-10,12-13H2,1-3H3. The van der Waals surface area contributed by atoms with Gasteiger partial charge in [0.15, 0.2) is 0 Å². The molecule has 0 aromatic carbocycles.